The summed E-state index contributed by atoms with van der Waals surface area (Å²) in [4.78, 5) is 0. The van der Waals surface area contributed by atoms with E-state index in [1.165, 1.54) is 27.1 Å². The average molecular weight is 1000 g/mol. The molecule has 0 bridgehead atoms. The summed E-state index contributed by atoms with van der Waals surface area (Å²) in [7, 11) is 14.2. The fourth-order valence-corrected chi connectivity index (χ4v) is 9.67. The summed E-state index contributed by atoms with van der Waals surface area (Å²) in [6.07, 6.45) is 0. The summed E-state index contributed by atoms with van der Waals surface area (Å²) in [5.41, 5.74) is 0. The molecule has 0 saturated carbocycles. The topological polar surface area (TPSA) is 0 Å². The largest absolute Gasteiger partial charge is 2.00 e. The molecule has 0 aliphatic heterocycles. The van der Waals surface area contributed by atoms with E-state index in [1.807, 2.05) is 0 Å². The van der Waals surface area contributed by atoms with Gasteiger partial charge in [-0.3, -0.25) is 0 Å². The van der Waals surface area contributed by atoms with E-state index in [-0.39, 0.29) is 103 Å². The van der Waals surface area contributed by atoms with Gasteiger partial charge >= 0.3 is 84.0 Å². The van der Waals surface area contributed by atoms with Crippen molar-refractivity contribution < 1.29 is 103 Å². The zero-order chi connectivity index (χ0) is 21.9. The number of rotatable bonds is 6. The van der Waals surface area contributed by atoms with E-state index in [1.54, 1.807) is 0 Å². The van der Waals surface area contributed by atoms with Crippen molar-refractivity contribution in [2.45, 2.75) is 0 Å². The van der Waals surface area contributed by atoms with Gasteiger partial charge in [0.25, 0.3) is 0 Å². The van der Waals surface area contributed by atoms with Gasteiger partial charge in [-0.1, -0.05) is 121 Å². The first kappa shape index (κ1) is 49.8. The normalized spacial score (nSPS) is 8.55. The van der Waals surface area contributed by atoms with E-state index >= 15 is 0 Å². The van der Waals surface area contributed by atoms with E-state index < -0.39 is 32.2 Å². The molecule has 0 nitrogen and oxygen atoms in total. The SMILES string of the molecule is [Cl-].[Cl-].[Cl-].[Cl-].[Cl-].[Cl][Sn+]([Cl])[Cl].[Pd+2].[Pd+2].c1ccc(P(CP(c2ccccc2)c2ccccc2)c2ccccc2)cc1. The number of hydrogen-bond donors (Lipinski definition) is 0. The van der Waals surface area contributed by atoms with Crippen molar-refractivity contribution in [1.29, 1.82) is 0 Å². The molecular formula is C25H22Cl8P2Pd2Sn. The van der Waals surface area contributed by atoms with Gasteiger partial charge in [0.1, 0.15) is 0 Å². The number of halogens is 8. The van der Waals surface area contributed by atoms with Gasteiger partial charge in [-0.15, -0.1) is 0 Å². The molecule has 0 N–H and O–H groups in total. The number of benzene rings is 4. The van der Waals surface area contributed by atoms with E-state index in [2.05, 4.69) is 121 Å². The summed E-state index contributed by atoms with van der Waals surface area (Å²) in [5.74, 6) is 1.17. The molecule has 0 saturated heterocycles. The third-order valence-electron chi connectivity index (χ3n) is 4.55. The van der Waals surface area contributed by atoms with Crippen LogP contribution in [0, 0.1) is 0 Å². The maximum atomic E-state index is 5.00. The molecule has 0 heterocycles. The standard InChI is InChI=1S/C25H22P2.8ClH.2Pd.Sn/c1-5-13-22(14-6-1)26(23-15-7-2-8-16-23)21-27(24-17-9-3-10-18-24)25-19-11-4-12-20-25;;;;;;;;;;;/h1-20H,21H2;8*1H;;;/q;;;;;;;;;2*+2;+4/p-8. The zero-order valence-electron chi connectivity index (χ0n) is 19.3. The average Bonchev–Trinajstić information content (AvgIpc) is 2.82. The van der Waals surface area contributed by atoms with Crippen LogP contribution in [0.1, 0.15) is 0 Å². The molecule has 38 heavy (non-hydrogen) atoms. The predicted octanol–water partition coefficient (Wildman–Crippen LogP) is -8.09. The van der Waals surface area contributed by atoms with Crippen LogP contribution in [0.15, 0.2) is 121 Å². The van der Waals surface area contributed by atoms with Gasteiger partial charge in [-0.25, -0.2) is 0 Å². The molecular weight excluding hydrogens is 977 g/mol. The Bertz CT molecular complexity index is 866. The molecule has 0 radical (unpaired) electrons. The van der Waals surface area contributed by atoms with Crippen LogP contribution in [0.5, 0.6) is 0 Å². The molecule has 0 spiro atoms. The van der Waals surface area contributed by atoms with Crippen LogP contribution < -0.4 is 83.3 Å². The van der Waals surface area contributed by atoms with Gasteiger partial charge in [-0.05, 0) is 37.1 Å². The Kier molecular flexibility index (Phi) is 38.4. The smallest absolute Gasteiger partial charge is 0.0622 e. The molecule has 0 aliphatic carbocycles. The summed E-state index contributed by atoms with van der Waals surface area (Å²) < 4.78 is 0. The van der Waals surface area contributed by atoms with Crippen LogP contribution in [-0.4, -0.2) is 22.3 Å². The van der Waals surface area contributed by atoms with Gasteiger partial charge in [0.05, 0.1) is 0 Å². The van der Waals surface area contributed by atoms with Crippen LogP contribution in [0.4, 0.5) is 0 Å². The second-order valence-corrected chi connectivity index (χ2v) is 24.2. The first-order valence-electron chi connectivity index (χ1n) is 9.74. The number of hydrogen-bond acceptors (Lipinski definition) is 0. The minimum Gasteiger partial charge on any atom is -0.0622 e. The second-order valence-electron chi connectivity index (χ2n) is 6.55. The molecule has 0 unspecified atom stereocenters. The van der Waals surface area contributed by atoms with E-state index in [4.69, 9.17) is 26.8 Å². The van der Waals surface area contributed by atoms with Gasteiger partial charge in [-0.2, -0.15) is 0 Å². The predicted molar refractivity (Wildman–Crippen MR) is 146 cm³/mol. The van der Waals surface area contributed by atoms with Crippen LogP contribution in [-0.2, 0) is 40.8 Å². The Morgan fingerprint density at radius 2 is 0.553 bits per heavy atom. The molecule has 0 atom stereocenters. The molecule has 4 rings (SSSR count). The fraction of sp³-hybridized carbons (Fsp3) is 0.0400. The van der Waals surface area contributed by atoms with E-state index in [0.29, 0.717) is 0 Å². The zero-order valence-corrected chi connectivity index (χ0v) is 33.1. The van der Waals surface area contributed by atoms with Gasteiger partial charge in [0, 0.05) is 5.90 Å². The van der Waals surface area contributed by atoms with Crippen molar-refractivity contribution in [1.82, 2.24) is 0 Å². The molecule has 212 valence electrons. The van der Waals surface area contributed by atoms with Crippen LogP contribution in [0.3, 0.4) is 0 Å². The Hall–Kier alpha value is 2.18. The van der Waals surface area contributed by atoms with Crippen LogP contribution in [0.2, 0.25) is 0 Å². The van der Waals surface area contributed by atoms with Crippen molar-refractivity contribution in [3.63, 3.8) is 0 Å². The minimum absolute atomic E-state index is 0. The van der Waals surface area contributed by atoms with Crippen LogP contribution in [0.25, 0.3) is 0 Å². The monoisotopic (exact) mass is 996 g/mol. The van der Waals surface area contributed by atoms with E-state index in [0.717, 1.165) is 0 Å². The minimum atomic E-state index is -2.13. The summed E-state index contributed by atoms with van der Waals surface area (Å²) in [6, 6.07) is 44.1. The molecule has 4 aromatic carbocycles. The summed E-state index contributed by atoms with van der Waals surface area (Å²) in [5, 5.41) is 5.83. The van der Waals surface area contributed by atoms with E-state index in [9.17, 15) is 0 Å². The quantitative estimate of drug-likeness (QED) is 0.133. The molecule has 0 aromatic heterocycles. The first-order valence-corrected chi connectivity index (χ1v) is 23.6. The van der Waals surface area contributed by atoms with Gasteiger partial charge in [0.15, 0.2) is 0 Å². The van der Waals surface area contributed by atoms with Crippen LogP contribution >= 0.6 is 42.6 Å². The molecule has 0 fully saturated rings. The fourth-order valence-electron chi connectivity index (χ4n) is 3.20. The van der Waals surface area contributed by atoms with Crippen molar-refractivity contribution in [2.75, 3.05) is 5.90 Å². The second kappa shape index (κ2) is 29.3. The third-order valence-corrected chi connectivity index (χ3v) is 10.5. The Morgan fingerprint density at radius 1 is 0.395 bits per heavy atom. The van der Waals surface area contributed by atoms with Crippen molar-refractivity contribution in [3.05, 3.63) is 121 Å². The maximum absolute atomic E-state index is 5.00. The Labute approximate surface area is 306 Å². The Balaban J connectivity index is -0.000000310. The summed E-state index contributed by atoms with van der Waals surface area (Å²) in [6.45, 7) is 0. The van der Waals surface area contributed by atoms with Gasteiger partial charge in [0.2, 0.25) is 0 Å². The van der Waals surface area contributed by atoms with Crippen molar-refractivity contribution >= 4 is 80.2 Å². The Morgan fingerprint density at radius 3 is 0.711 bits per heavy atom. The van der Waals surface area contributed by atoms with Gasteiger partial charge < -0.3 is 62.0 Å². The third kappa shape index (κ3) is 18.0. The van der Waals surface area contributed by atoms with Crippen molar-refractivity contribution in [3.8, 4) is 0 Å². The summed E-state index contributed by atoms with van der Waals surface area (Å²) >= 11 is -2.13. The molecule has 13 heteroatoms. The molecule has 0 amide bonds. The van der Waals surface area contributed by atoms with Crippen molar-refractivity contribution in [2.24, 2.45) is 0 Å². The molecule has 0 aliphatic rings. The maximum Gasteiger partial charge on any atom is 2.00 e. The molecule has 4 aromatic rings. The first-order chi connectivity index (χ1) is 15.1.